The third kappa shape index (κ3) is 3.44. The molecule has 2 rings (SSSR count). The first-order chi connectivity index (χ1) is 9.03. The third-order valence-corrected chi connectivity index (χ3v) is 4.81. The molecule has 0 aliphatic heterocycles. The number of nitrogens with two attached hydrogens (primary N) is 1. The summed E-state index contributed by atoms with van der Waals surface area (Å²) < 4.78 is 27.5. The first-order valence-corrected chi connectivity index (χ1v) is 7.91. The maximum Gasteiger partial charge on any atom is 0.242 e. The van der Waals surface area contributed by atoms with E-state index in [1.165, 1.54) is 12.3 Å². The normalized spacial score (nSPS) is 11.7. The van der Waals surface area contributed by atoms with Crippen LogP contribution in [0, 0.1) is 0 Å². The monoisotopic (exact) mass is 343 g/mol. The van der Waals surface area contributed by atoms with Crippen molar-refractivity contribution in [2.45, 2.75) is 18.0 Å². The minimum atomic E-state index is -3.52. The van der Waals surface area contributed by atoms with Crippen LogP contribution in [0.5, 0.6) is 0 Å². The highest BCUT2D eigenvalue weighted by Crippen LogP contribution is 2.17. The molecule has 19 heavy (non-hydrogen) atoms. The quantitative estimate of drug-likeness (QED) is 0.772. The lowest BCUT2D eigenvalue weighted by molar-refractivity contribution is 0.581. The molecule has 5 nitrogen and oxygen atoms in total. The zero-order chi connectivity index (χ0) is 13.9. The van der Waals surface area contributed by atoms with E-state index in [0.29, 0.717) is 5.69 Å². The van der Waals surface area contributed by atoms with Crippen molar-refractivity contribution in [3.8, 4) is 0 Å². The van der Waals surface area contributed by atoms with Crippen molar-refractivity contribution in [2.75, 3.05) is 0 Å². The number of benzene rings is 1. The molecule has 1 aromatic carbocycles. The summed E-state index contributed by atoms with van der Waals surface area (Å²) in [4.78, 5) is 3.01. The highest BCUT2D eigenvalue weighted by atomic mass is 79.9. The summed E-state index contributed by atoms with van der Waals surface area (Å²) in [5.74, 6) is 0. The molecule has 0 fully saturated rings. The Morgan fingerprint density at radius 1 is 1.32 bits per heavy atom. The van der Waals surface area contributed by atoms with E-state index in [2.05, 4.69) is 25.6 Å². The van der Waals surface area contributed by atoms with E-state index < -0.39 is 10.0 Å². The molecule has 0 amide bonds. The van der Waals surface area contributed by atoms with Gasteiger partial charge in [-0.2, -0.15) is 0 Å². The number of hydrogen-bond acceptors (Lipinski definition) is 3. The number of sulfonamides is 1. The Labute approximate surface area is 120 Å². The number of nitrogens with one attached hydrogen (secondary N) is 2. The molecule has 4 N–H and O–H groups in total. The Morgan fingerprint density at radius 3 is 2.68 bits per heavy atom. The largest absolute Gasteiger partial charge is 0.363 e. The highest BCUT2D eigenvalue weighted by Gasteiger charge is 2.15. The average Bonchev–Trinajstić information content (AvgIpc) is 2.87. The van der Waals surface area contributed by atoms with Crippen molar-refractivity contribution < 1.29 is 8.42 Å². The van der Waals surface area contributed by atoms with Gasteiger partial charge in [-0.15, -0.1) is 0 Å². The molecule has 0 atom stereocenters. The van der Waals surface area contributed by atoms with Crippen LogP contribution in [0.25, 0.3) is 0 Å². The van der Waals surface area contributed by atoms with E-state index in [1.807, 2.05) is 24.3 Å². The maximum absolute atomic E-state index is 12.1. The lowest BCUT2D eigenvalue weighted by atomic mass is 10.2. The van der Waals surface area contributed by atoms with E-state index in [1.54, 1.807) is 0 Å². The average molecular weight is 344 g/mol. The third-order valence-electron chi connectivity index (χ3n) is 2.66. The van der Waals surface area contributed by atoms with Gasteiger partial charge in [-0.25, -0.2) is 13.1 Å². The molecule has 102 valence electrons. The summed E-state index contributed by atoms with van der Waals surface area (Å²) in [5, 5.41) is 0. The standard InChI is InChI=1S/C12H14BrN3O2S/c13-12-4-2-1-3-9(12)7-16-19(17,18)11-5-10(6-14)15-8-11/h1-5,8,15-16H,6-7,14H2. The van der Waals surface area contributed by atoms with Crippen molar-refractivity contribution in [3.63, 3.8) is 0 Å². The smallest absolute Gasteiger partial charge is 0.242 e. The van der Waals surface area contributed by atoms with Gasteiger partial charge >= 0.3 is 0 Å². The van der Waals surface area contributed by atoms with Crippen LogP contribution in [0.3, 0.4) is 0 Å². The number of aromatic amines is 1. The maximum atomic E-state index is 12.1. The second-order valence-corrected chi connectivity index (χ2v) is 6.60. The van der Waals surface area contributed by atoms with Gasteiger partial charge in [0.05, 0.1) is 4.90 Å². The summed E-state index contributed by atoms with van der Waals surface area (Å²) >= 11 is 3.38. The molecule has 0 radical (unpaired) electrons. The number of aromatic nitrogens is 1. The molecule has 2 aromatic rings. The number of rotatable bonds is 5. The summed E-state index contributed by atoms with van der Waals surface area (Å²) in [6.07, 6.45) is 1.44. The summed E-state index contributed by atoms with van der Waals surface area (Å²) in [5.41, 5.74) is 7.00. The number of hydrogen-bond donors (Lipinski definition) is 3. The lowest BCUT2D eigenvalue weighted by Gasteiger charge is -2.06. The van der Waals surface area contributed by atoms with E-state index in [0.717, 1.165) is 10.0 Å². The van der Waals surface area contributed by atoms with Gasteiger partial charge in [0.25, 0.3) is 0 Å². The number of halogens is 1. The Morgan fingerprint density at radius 2 is 2.05 bits per heavy atom. The molecular weight excluding hydrogens is 330 g/mol. The Hall–Kier alpha value is -1.15. The zero-order valence-corrected chi connectivity index (χ0v) is 12.5. The Kier molecular flexibility index (Phi) is 4.41. The van der Waals surface area contributed by atoms with E-state index in [4.69, 9.17) is 5.73 Å². The Balaban J connectivity index is 2.12. The molecule has 0 saturated heterocycles. The molecule has 0 unspecified atom stereocenters. The van der Waals surface area contributed by atoms with Crippen LogP contribution in [0.2, 0.25) is 0 Å². The van der Waals surface area contributed by atoms with E-state index in [-0.39, 0.29) is 18.0 Å². The van der Waals surface area contributed by atoms with Crippen LogP contribution in [0.1, 0.15) is 11.3 Å². The molecule has 0 aliphatic rings. The summed E-state index contributed by atoms with van der Waals surface area (Å²) in [7, 11) is -3.52. The second kappa shape index (κ2) is 5.87. The minimum absolute atomic E-state index is 0.194. The van der Waals surface area contributed by atoms with Gasteiger partial charge in [-0.1, -0.05) is 34.1 Å². The minimum Gasteiger partial charge on any atom is -0.363 e. The fraction of sp³-hybridized carbons (Fsp3) is 0.167. The molecule has 7 heteroatoms. The molecule has 0 bridgehead atoms. The van der Waals surface area contributed by atoms with E-state index >= 15 is 0 Å². The topological polar surface area (TPSA) is 88.0 Å². The van der Waals surface area contributed by atoms with Crippen LogP contribution in [0.4, 0.5) is 0 Å². The SMILES string of the molecule is NCc1cc(S(=O)(=O)NCc2ccccc2Br)c[nH]1. The van der Waals surface area contributed by atoms with Crippen molar-refractivity contribution in [3.05, 3.63) is 52.3 Å². The molecule has 0 aliphatic carbocycles. The first kappa shape index (κ1) is 14.3. The summed E-state index contributed by atoms with van der Waals surface area (Å²) in [6.45, 7) is 0.507. The number of H-pyrrole nitrogens is 1. The van der Waals surface area contributed by atoms with Gasteiger partial charge in [-0.3, -0.25) is 0 Å². The van der Waals surface area contributed by atoms with Gasteiger partial charge in [0, 0.05) is 29.5 Å². The summed E-state index contributed by atoms with van der Waals surface area (Å²) in [6, 6.07) is 8.99. The van der Waals surface area contributed by atoms with Gasteiger partial charge < -0.3 is 10.7 Å². The molecule has 0 saturated carbocycles. The van der Waals surface area contributed by atoms with Crippen LogP contribution >= 0.6 is 15.9 Å². The van der Waals surface area contributed by atoms with Crippen LogP contribution in [0.15, 0.2) is 45.9 Å². The van der Waals surface area contributed by atoms with Gasteiger partial charge in [0.15, 0.2) is 0 Å². The van der Waals surface area contributed by atoms with Gasteiger partial charge in [0.1, 0.15) is 0 Å². The fourth-order valence-electron chi connectivity index (χ4n) is 1.59. The highest BCUT2D eigenvalue weighted by molar-refractivity contribution is 9.10. The van der Waals surface area contributed by atoms with E-state index in [9.17, 15) is 8.42 Å². The van der Waals surface area contributed by atoms with Crippen molar-refractivity contribution >= 4 is 26.0 Å². The van der Waals surface area contributed by atoms with Crippen LogP contribution in [-0.4, -0.2) is 13.4 Å². The zero-order valence-electron chi connectivity index (χ0n) is 10.1. The molecular formula is C12H14BrN3O2S. The molecule has 1 aromatic heterocycles. The van der Waals surface area contributed by atoms with Gasteiger partial charge in [0.2, 0.25) is 10.0 Å². The molecule has 0 spiro atoms. The van der Waals surface area contributed by atoms with Gasteiger partial charge in [-0.05, 0) is 17.7 Å². The predicted octanol–water partition coefficient (Wildman–Crippen LogP) is 1.71. The lowest BCUT2D eigenvalue weighted by Crippen LogP contribution is -2.23. The first-order valence-electron chi connectivity index (χ1n) is 5.63. The predicted molar refractivity (Wildman–Crippen MR) is 76.9 cm³/mol. The van der Waals surface area contributed by atoms with Crippen molar-refractivity contribution in [1.29, 1.82) is 0 Å². The fourth-order valence-corrected chi connectivity index (χ4v) is 3.04. The van der Waals surface area contributed by atoms with Crippen molar-refractivity contribution in [2.24, 2.45) is 5.73 Å². The van der Waals surface area contributed by atoms with Crippen molar-refractivity contribution in [1.82, 2.24) is 9.71 Å². The Bertz CT molecular complexity index is 667. The molecule has 1 heterocycles. The van der Waals surface area contributed by atoms with Crippen LogP contribution in [-0.2, 0) is 23.1 Å². The second-order valence-electron chi connectivity index (χ2n) is 3.98. The van der Waals surface area contributed by atoms with Crippen LogP contribution < -0.4 is 10.5 Å².